The smallest absolute Gasteiger partial charge is 0.336 e. The van der Waals surface area contributed by atoms with Crippen LogP contribution in [0.2, 0.25) is 0 Å². The van der Waals surface area contributed by atoms with Gasteiger partial charge in [-0.2, -0.15) is 5.26 Å². The first-order chi connectivity index (χ1) is 10.2. The maximum atomic E-state index is 12.6. The van der Waals surface area contributed by atoms with Gasteiger partial charge in [0.15, 0.2) is 5.54 Å². The molecule has 2 aromatic rings. The van der Waals surface area contributed by atoms with Crippen molar-refractivity contribution in [2.24, 2.45) is 0 Å². The largest absolute Gasteiger partial charge is 0.467 e. The summed E-state index contributed by atoms with van der Waals surface area (Å²) in [6.07, 6.45) is 5.74. The van der Waals surface area contributed by atoms with Gasteiger partial charge in [-0.15, -0.1) is 0 Å². The third-order valence-electron chi connectivity index (χ3n) is 4.11. The predicted octanol–water partition coefficient (Wildman–Crippen LogP) is 2.01. The summed E-state index contributed by atoms with van der Waals surface area (Å²) in [6, 6.07) is 9.37. The molecule has 1 aromatic heterocycles. The normalized spacial score (nSPS) is 20.4. The molecule has 1 aromatic carbocycles. The summed E-state index contributed by atoms with van der Waals surface area (Å²) in [5, 5.41) is 9.39. The molecular weight excluding hydrogens is 266 g/mol. The summed E-state index contributed by atoms with van der Waals surface area (Å²) in [5.41, 5.74) is 1.16. The van der Waals surface area contributed by atoms with E-state index in [1.54, 1.807) is 24.7 Å². The molecule has 0 bridgehead atoms. The fraction of sp³-hybridized carbons (Fsp3) is 0.312. The highest BCUT2D eigenvalue weighted by Gasteiger charge is 2.47. The molecule has 2 heterocycles. The molecule has 0 saturated heterocycles. The summed E-state index contributed by atoms with van der Waals surface area (Å²) in [5.74, 6) is -0.357. The lowest BCUT2D eigenvalue weighted by molar-refractivity contribution is -0.150. The van der Waals surface area contributed by atoms with Crippen LogP contribution in [0.25, 0.3) is 0 Å². The summed E-state index contributed by atoms with van der Waals surface area (Å²) in [7, 11) is 1.38. The van der Waals surface area contributed by atoms with Gasteiger partial charge in [-0.3, -0.25) is 0 Å². The van der Waals surface area contributed by atoms with E-state index in [2.05, 4.69) is 11.1 Å². The minimum atomic E-state index is -0.995. The number of benzene rings is 1. The van der Waals surface area contributed by atoms with Crippen LogP contribution in [0.15, 0.2) is 36.8 Å². The van der Waals surface area contributed by atoms with Crippen LogP contribution in [0.4, 0.5) is 0 Å². The van der Waals surface area contributed by atoms with Crippen LogP contribution in [0, 0.1) is 11.3 Å². The van der Waals surface area contributed by atoms with E-state index in [9.17, 15) is 10.1 Å². The first-order valence-electron chi connectivity index (χ1n) is 6.84. The number of hydrogen-bond donors (Lipinski definition) is 0. The summed E-state index contributed by atoms with van der Waals surface area (Å²) < 4.78 is 6.94. The molecule has 0 fully saturated rings. The minimum Gasteiger partial charge on any atom is -0.467 e. The molecular formula is C16H15N3O2. The quantitative estimate of drug-likeness (QED) is 0.790. The average Bonchev–Trinajstić information content (AvgIpc) is 3.02. The van der Waals surface area contributed by atoms with Gasteiger partial charge in [0.2, 0.25) is 0 Å². The molecule has 0 N–H and O–H groups in total. The number of aryl methyl sites for hydroxylation is 1. The molecule has 1 aliphatic rings. The number of nitrogens with zero attached hydrogens (tertiary/aromatic N) is 3. The average molecular weight is 281 g/mol. The van der Waals surface area contributed by atoms with Crippen LogP contribution in [0.3, 0.4) is 0 Å². The molecule has 0 spiro atoms. The van der Waals surface area contributed by atoms with Gasteiger partial charge in [-0.1, -0.05) is 18.2 Å². The Kier molecular flexibility index (Phi) is 3.22. The number of carbonyl (C=O) groups excluding carboxylic acids is 1. The zero-order valence-corrected chi connectivity index (χ0v) is 11.7. The van der Waals surface area contributed by atoms with Crippen molar-refractivity contribution in [2.75, 3.05) is 7.11 Å². The zero-order valence-electron chi connectivity index (χ0n) is 11.7. The molecule has 3 rings (SSSR count). The number of imidazole rings is 1. The van der Waals surface area contributed by atoms with E-state index in [4.69, 9.17) is 4.74 Å². The van der Waals surface area contributed by atoms with Crippen LogP contribution >= 0.6 is 0 Å². The molecule has 5 heteroatoms. The highest BCUT2D eigenvalue weighted by Crippen LogP contribution is 2.39. The van der Waals surface area contributed by atoms with E-state index in [1.165, 1.54) is 7.11 Å². The van der Waals surface area contributed by atoms with E-state index < -0.39 is 5.54 Å². The first-order valence-corrected chi connectivity index (χ1v) is 6.84. The van der Waals surface area contributed by atoms with Crippen molar-refractivity contribution in [1.29, 1.82) is 5.26 Å². The molecule has 21 heavy (non-hydrogen) atoms. The summed E-state index contributed by atoms with van der Waals surface area (Å²) in [6.45, 7) is 0. The number of aromatic nitrogens is 2. The predicted molar refractivity (Wildman–Crippen MR) is 75.4 cm³/mol. The number of hydrogen-bond acceptors (Lipinski definition) is 4. The van der Waals surface area contributed by atoms with Gasteiger partial charge < -0.3 is 9.30 Å². The molecule has 106 valence electrons. The molecule has 5 nitrogen and oxygen atoms in total. The summed E-state index contributed by atoms with van der Waals surface area (Å²) >= 11 is 0. The van der Waals surface area contributed by atoms with Crippen molar-refractivity contribution in [2.45, 2.75) is 24.8 Å². The van der Waals surface area contributed by atoms with E-state index in [1.807, 2.05) is 16.7 Å². The number of carbonyl (C=O) groups is 1. The van der Waals surface area contributed by atoms with Gasteiger partial charge in [0.1, 0.15) is 0 Å². The van der Waals surface area contributed by atoms with Gasteiger partial charge in [0.05, 0.1) is 25.1 Å². The number of methoxy groups -OCH3 is 1. The van der Waals surface area contributed by atoms with Gasteiger partial charge >= 0.3 is 5.97 Å². The third-order valence-corrected chi connectivity index (χ3v) is 4.11. The van der Waals surface area contributed by atoms with Crippen molar-refractivity contribution in [1.82, 2.24) is 9.55 Å². The maximum absolute atomic E-state index is 12.6. The van der Waals surface area contributed by atoms with Crippen molar-refractivity contribution in [3.63, 3.8) is 0 Å². The Morgan fingerprint density at radius 3 is 3.05 bits per heavy atom. The van der Waals surface area contributed by atoms with Crippen molar-refractivity contribution in [3.05, 3.63) is 53.6 Å². The number of nitriles is 1. The lowest BCUT2D eigenvalue weighted by atomic mass is 9.79. The Morgan fingerprint density at radius 2 is 2.29 bits per heavy atom. The lowest BCUT2D eigenvalue weighted by Gasteiger charge is -2.37. The second-order valence-corrected chi connectivity index (χ2v) is 5.12. The number of esters is 1. The first kappa shape index (κ1) is 13.4. The Morgan fingerprint density at radius 1 is 1.48 bits per heavy atom. The van der Waals surface area contributed by atoms with Gasteiger partial charge in [0, 0.05) is 17.5 Å². The number of rotatable bonds is 2. The standard InChI is InChI=1S/C16H15N3O2/c1-21-15(20)16(14-7-3-2-5-12(14)9-17)8-4-6-13-10-18-11-19(13)16/h2-3,5,7,10-11H,4,6,8H2,1H3. The topological polar surface area (TPSA) is 67.9 Å². The van der Waals surface area contributed by atoms with Crippen molar-refractivity contribution >= 4 is 5.97 Å². The minimum absolute atomic E-state index is 0.357. The van der Waals surface area contributed by atoms with Crippen LogP contribution in [0.5, 0.6) is 0 Å². The van der Waals surface area contributed by atoms with Crippen LogP contribution in [-0.2, 0) is 21.5 Å². The van der Waals surface area contributed by atoms with Gasteiger partial charge in [-0.05, 0) is 25.3 Å². The fourth-order valence-electron chi connectivity index (χ4n) is 3.18. The van der Waals surface area contributed by atoms with E-state index >= 15 is 0 Å². The lowest BCUT2D eigenvalue weighted by Crippen LogP contribution is -2.47. The second kappa shape index (κ2) is 5.06. The molecule has 1 aliphatic heterocycles. The van der Waals surface area contributed by atoms with Crippen molar-refractivity contribution < 1.29 is 9.53 Å². The third kappa shape index (κ3) is 1.83. The maximum Gasteiger partial charge on any atom is 0.336 e. The van der Waals surface area contributed by atoms with E-state index in [0.717, 1.165) is 18.5 Å². The molecule has 1 unspecified atom stereocenters. The van der Waals surface area contributed by atoms with Gasteiger partial charge in [-0.25, -0.2) is 9.78 Å². The highest BCUT2D eigenvalue weighted by atomic mass is 16.5. The van der Waals surface area contributed by atoms with E-state index in [0.29, 0.717) is 17.5 Å². The van der Waals surface area contributed by atoms with Crippen LogP contribution < -0.4 is 0 Å². The molecule has 0 aliphatic carbocycles. The SMILES string of the molecule is COC(=O)C1(c2ccccc2C#N)CCCc2cncn21. The number of fused-ring (bicyclic) bond motifs is 1. The van der Waals surface area contributed by atoms with E-state index in [-0.39, 0.29) is 5.97 Å². The summed E-state index contributed by atoms with van der Waals surface area (Å²) in [4.78, 5) is 16.8. The monoisotopic (exact) mass is 281 g/mol. The Labute approximate surface area is 122 Å². The van der Waals surface area contributed by atoms with Crippen LogP contribution in [0.1, 0.15) is 29.7 Å². The van der Waals surface area contributed by atoms with Gasteiger partial charge in [0.25, 0.3) is 0 Å². The second-order valence-electron chi connectivity index (χ2n) is 5.12. The zero-order chi connectivity index (χ0) is 14.9. The molecule has 1 atom stereocenters. The Bertz CT molecular complexity index is 729. The molecule has 0 amide bonds. The number of ether oxygens (including phenoxy) is 1. The molecule has 0 radical (unpaired) electrons. The van der Waals surface area contributed by atoms with Crippen LogP contribution in [-0.4, -0.2) is 22.6 Å². The Hall–Kier alpha value is -2.61. The molecule has 0 saturated carbocycles. The fourth-order valence-corrected chi connectivity index (χ4v) is 3.18. The highest BCUT2D eigenvalue weighted by molar-refractivity contribution is 5.84. The Balaban J connectivity index is 2.31. The van der Waals surface area contributed by atoms with Crippen molar-refractivity contribution in [3.8, 4) is 6.07 Å².